The van der Waals surface area contributed by atoms with Gasteiger partial charge in [-0.3, -0.25) is 4.79 Å². The molecule has 1 N–H and O–H groups in total. The van der Waals surface area contributed by atoms with Crippen LogP contribution in [0.1, 0.15) is 22.7 Å². The van der Waals surface area contributed by atoms with Crippen LogP contribution < -0.4 is 10.2 Å². The van der Waals surface area contributed by atoms with Crippen LogP contribution in [0.3, 0.4) is 0 Å². The molecular formula is C24H20FN3O3S2. The van der Waals surface area contributed by atoms with Crippen molar-refractivity contribution in [2.75, 3.05) is 11.9 Å². The van der Waals surface area contributed by atoms with Crippen molar-refractivity contribution in [3.63, 3.8) is 0 Å². The summed E-state index contributed by atoms with van der Waals surface area (Å²) in [7, 11) is -2.63. The molecule has 3 aromatic carbocycles. The first-order valence-corrected chi connectivity index (χ1v) is 12.1. The second-order valence-electron chi connectivity index (χ2n) is 8.16. The average molecular weight is 482 g/mol. The number of amides is 1. The van der Waals surface area contributed by atoms with E-state index in [1.807, 2.05) is 6.92 Å². The van der Waals surface area contributed by atoms with E-state index in [9.17, 15) is 13.2 Å². The van der Waals surface area contributed by atoms with E-state index < -0.39 is 33.3 Å². The third-order valence-corrected chi connectivity index (χ3v) is 8.45. The van der Waals surface area contributed by atoms with Crippen LogP contribution in [-0.2, 0) is 20.4 Å². The zero-order valence-electron chi connectivity index (χ0n) is 17.8. The normalized spacial score (nSPS) is 22.1. The summed E-state index contributed by atoms with van der Waals surface area (Å²) in [5, 5.41) is 2.83. The van der Waals surface area contributed by atoms with Gasteiger partial charge in [-0.25, -0.2) is 17.1 Å². The Bertz CT molecular complexity index is 1410. The lowest BCUT2D eigenvalue weighted by Gasteiger charge is -2.33. The minimum absolute atomic E-state index is 0.00252. The van der Waals surface area contributed by atoms with Crippen molar-refractivity contribution < 1.29 is 17.6 Å². The summed E-state index contributed by atoms with van der Waals surface area (Å²) < 4.78 is 43.9. The molecule has 1 fully saturated rings. The molecule has 0 unspecified atom stereocenters. The molecule has 5 rings (SSSR count). The second kappa shape index (κ2) is 7.36. The Labute approximate surface area is 196 Å². The smallest absolute Gasteiger partial charge is 0.266 e. The SMILES string of the molecule is Cc1ccc(S(=O)(=O)N2C(=S)N[C@]3(C(=O)N(C)c4ccccc43)[C@H]2c2ccccc2F)cc1. The summed E-state index contributed by atoms with van der Waals surface area (Å²) in [5.74, 6) is -1.04. The zero-order valence-corrected chi connectivity index (χ0v) is 19.5. The number of thiocarbonyl (C=S) groups is 1. The summed E-state index contributed by atoms with van der Waals surface area (Å²) in [6, 6.07) is 18.0. The highest BCUT2D eigenvalue weighted by Gasteiger charge is 2.65. The lowest BCUT2D eigenvalue weighted by atomic mass is 9.81. The summed E-state index contributed by atoms with van der Waals surface area (Å²) >= 11 is 5.51. The van der Waals surface area contributed by atoms with Crippen molar-refractivity contribution in [3.05, 3.63) is 95.3 Å². The summed E-state index contributed by atoms with van der Waals surface area (Å²) in [5.41, 5.74) is 0.477. The number of aryl methyl sites for hydroxylation is 1. The van der Waals surface area contributed by atoms with Gasteiger partial charge >= 0.3 is 0 Å². The van der Waals surface area contributed by atoms with Crippen LogP contribution in [0.4, 0.5) is 10.1 Å². The molecule has 1 saturated heterocycles. The van der Waals surface area contributed by atoms with Gasteiger partial charge in [0.1, 0.15) is 11.9 Å². The molecule has 2 heterocycles. The van der Waals surface area contributed by atoms with Crippen molar-refractivity contribution in [2.45, 2.75) is 23.4 Å². The molecule has 3 aromatic rings. The monoisotopic (exact) mass is 481 g/mol. The van der Waals surface area contributed by atoms with Gasteiger partial charge in [-0.05, 0) is 43.4 Å². The van der Waals surface area contributed by atoms with E-state index in [2.05, 4.69) is 5.32 Å². The standard InChI is InChI=1S/C24H20FN3O3S2/c1-15-11-13-16(14-12-15)33(30,31)28-21(17-7-3-5-9-19(17)25)24(26-23(28)32)18-8-4-6-10-20(18)27(2)22(24)29/h3-14,21H,1-2H3,(H,26,32)/t21-,24+/m1/s1. The Balaban J connectivity index is 1.80. The van der Waals surface area contributed by atoms with E-state index in [1.165, 1.54) is 35.2 Å². The fourth-order valence-corrected chi connectivity index (χ4v) is 6.77. The first-order valence-electron chi connectivity index (χ1n) is 10.2. The second-order valence-corrected chi connectivity index (χ2v) is 10.4. The fourth-order valence-electron chi connectivity index (χ4n) is 4.69. The fraction of sp³-hybridized carbons (Fsp3) is 0.167. The maximum absolute atomic E-state index is 15.2. The van der Waals surface area contributed by atoms with Gasteiger partial charge in [0.15, 0.2) is 10.7 Å². The van der Waals surface area contributed by atoms with Crippen molar-refractivity contribution >= 4 is 38.9 Å². The van der Waals surface area contributed by atoms with E-state index in [0.29, 0.717) is 11.3 Å². The molecule has 6 nitrogen and oxygen atoms in total. The first kappa shape index (κ1) is 21.5. The van der Waals surface area contributed by atoms with Crippen LogP contribution in [0.25, 0.3) is 0 Å². The lowest BCUT2D eigenvalue weighted by molar-refractivity contribution is -0.124. The number of hydrogen-bond donors (Lipinski definition) is 1. The van der Waals surface area contributed by atoms with Crippen molar-refractivity contribution in [1.82, 2.24) is 9.62 Å². The summed E-state index contributed by atoms with van der Waals surface area (Å²) in [6.07, 6.45) is 0. The van der Waals surface area contributed by atoms with Crippen molar-refractivity contribution in [3.8, 4) is 0 Å². The van der Waals surface area contributed by atoms with Gasteiger partial charge in [-0.2, -0.15) is 0 Å². The number of sulfonamides is 1. The number of benzene rings is 3. The van der Waals surface area contributed by atoms with Crippen LogP contribution >= 0.6 is 12.2 Å². The molecule has 0 aliphatic carbocycles. The van der Waals surface area contributed by atoms with E-state index >= 15 is 4.39 Å². The zero-order chi connectivity index (χ0) is 23.5. The number of fused-ring (bicyclic) bond motifs is 2. The van der Waals surface area contributed by atoms with Crippen molar-refractivity contribution in [1.29, 1.82) is 0 Å². The van der Waals surface area contributed by atoms with E-state index in [1.54, 1.807) is 49.5 Å². The summed E-state index contributed by atoms with van der Waals surface area (Å²) in [4.78, 5) is 15.2. The number of carbonyl (C=O) groups excluding carboxylic acids is 1. The summed E-state index contributed by atoms with van der Waals surface area (Å²) in [6.45, 7) is 1.85. The van der Waals surface area contributed by atoms with Gasteiger partial charge in [-0.1, -0.05) is 54.1 Å². The molecule has 1 spiro atoms. The van der Waals surface area contributed by atoms with Gasteiger partial charge in [0.25, 0.3) is 15.9 Å². The predicted molar refractivity (Wildman–Crippen MR) is 127 cm³/mol. The molecule has 0 bridgehead atoms. The maximum atomic E-state index is 15.2. The number of halogens is 1. The number of likely N-dealkylation sites (N-methyl/N-ethyl adjacent to an activating group) is 1. The van der Waals surface area contributed by atoms with Gasteiger partial charge in [-0.15, -0.1) is 0 Å². The van der Waals surface area contributed by atoms with Crippen LogP contribution in [0, 0.1) is 12.7 Å². The molecular weight excluding hydrogens is 461 g/mol. The number of rotatable bonds is 3. The number of para-hydroxylation sites is 1. The number of anilines is 1. The van der Waals surface area contributed by atoms with Crippen LogP contribution in [0.5, 0.6) is 0 Å². The average Bonchev–Trinajstić information content (AvgIpc) is 3.22. The Morgan fingerprint density at radius 2 is 1.64 bits per heavy atom. The highest BCUT2D eigenvalue weighted by Crippen LogP contribution is 2.53. The molecule has 2 aliphatic heterocycles. The van der Waals surface area contributed by atoms with Crippen LogP contribution in [-0.4, -0.2) is 30.8 Å². The third kappa shape index (κ3) is 2.92. The number of nitrogens with zero attached hydrogens (tertiary/aromatic N) is 2. The Morgan fingerprint density at radius 3 is 2.33 bits per heavy atom. The first-order chi connectivity index (χ1) is 15.7. The maximum Gasteiger partial charge on any atom is 0.266 e. The molecule has 0 radical (unpaired) electrons. The highest BCUT2D eigenvalue weighted by atomic mass is 32.2. The van der Waals surface area contributed by atoms with Crippen molar-refractivity contribution in [2.24, 2.45) is 0 Å². The minimum Gasteiger partial charge on any atom is -0.342 e. The molecule has 33 heavy (non-hydrogen) atoms. The molecule has 2 aliphatic rings. The molecule has 0 aromatic heterocycles. The number of carbonyl (C=O) groups is 1. The predicted octanol–water partition coefficient (Wildman–Crippen LogP) is 3.63. The van der Waals surface area contributed by atoms with Crippen LogP contribution in [0.15, 0.2) is 77.7 Å². The molecule has 168 valence electrons. The van der Waals surface area contributed by atoms with Gasteiger partial charge in [0.05, 0.1) is 4.90 Å². The van der Waals surface area contributed by atoms with Gasteiger partial charge < -0.3 is 10.2 Å². The van der Waals surface area contributed by atoms with Gasteiger partial charge in [0, 0.05) is 23.9 Å². The van der Waals surface area contributed by atoms with Crippen LogP contribution in [0.2, 0.25) is 0 Å². The lowest BCUT2D eigenvalue weighted by Crippen LogP contribution is -2.50. The quantitative estimate of drug-likeness (QED) is 0.579. The Morgan fingerprint density at radius 1 is 1.00 bits per heavy atom. The van der Waals surface area contributed by atoms with E-state index in [-0.39, 0.29) is 15.6 Å². The highest BCUT2D eigenvalue weighted by molar-refractivity contribution is 7.91. The topological polar surface area (TPSA) is 69.7 Å². The minimum atomic E-state index is -4.23. The molecule has 0 saturated carbocycles. The van der Waals surface area contributed by atoms with E-state index in [0.717, 1.165) is 9.87 Å². The molecule has 2 atom stereocenters. The Hall–Kier alpha value is -3.30. The molecule has 9 heteroatoms. The van der Waals surface area contributed by atoms with Gasteiger partial charge in [0.2, 0.25) is 0 Å². The largest absolute Gasteiger partial charge is 0.342 e. The molecule has 1 amide bonds. The third-order valence-electron chi connectivity index (χ3n) is 6.26. The number of hydrogen-bond acceptors (Lipinski definition) is 4. The number of nitrogens with one attached hydrogen (secondary N) is 1. The van der Waals surface area contributed by atoms with E-state index in [4.69, 9.17) is 12.2 Å². The Kier molecular flexibility index (Phi) is 4.80.